The van der Waals surface area contributed by atoms with Crippen molar-refractivity contribution in [3.8, 4) is 28.5 Å². The van der Waals surface area contributed by atoms with Gasteiger partial charge in [0.2, 0.25) is 5.69 Å². The molecule has 0 bridgehead atoms. The average Bonchev–Trinajstić information content (AvgIpc) is 3.12. The molecule has 0 atom stereocenters. The van der Waals surface area contributed by atoms with E-state index in [0.717, 1.165) is 49.9 Å². The molecule has 0 amide bonds. The maximum Gasteiger partial charge on any atom is 0.216 e. The molecule has 3 aromatic carbocycles. The molecule has 0 fully saturated rings. The maximum absolute atomic E-state index is 10.1. The molecule has 0 saturated heterocycles. The van der Waals surface area contributed by atoms with Gasteiger partial charge in [0, 0.05) is 28.5 Å². The summed E-state index contributed by atoms with van der Waals surface area (Å²) in [5, 5.41) is 12.1. The minimum Gasteiger partial charge on any atom is -0.454 e. The Morgan fingerprint density at radius 1 is 0.806 bits per heavy atom. The van der Waals surface area contributed by atoms with Crippen LogP contribution in [0.4, 0.5) is 0 Å². The van der Waals surface area contributed by atoms with Crippen LogP contribution in [0.3, 0.4) is 0 Å². The van der Waals surface area contributed by atoms with Gasteiger partial charge in [-0.05, 0) is 49.6 Å². The second kappa shape index (κ2) is 7.11. The average molecular weight is 404 g/mol. The number of hydrogen-bond donors (Lipinski definition) is 0. The molecule has 150 valence electrons. The van der Waals surface area contributed by atoms with Crippen molar-refractivity contribution in [1.29, 1.82) is 5.26 Å². The van der Waals surface area contributed by atoms with Gasteiger partial charge in [0.05, 0.1) is 5.56 Å². The second-order valence-corrected chi connectivity index (χ2v) is 8.23. The number of rotatable bonds is 2. The van der Waals surface area contributed by atoms with Crippen LogP contribution >= 0.6 is 0 Å². The second-order valence-electron chi connectivity index (χ2n) is 8.23. The maximum atomic E-state index is 10.1. The highest BCUT2D eigenvalue weighted by Crippen LogP contribution is 2.40. The van der Waals surface area contributed by atoms with E-state index in [0.29, 0.717) is 11.1 Å². The van der Waals surface area contributed by atoms with Crippen LogP contribution < -0.4 is 4.57 Å². The van der Waals surface area contributed by atoms with E-state index < -0.39 is 0 Å². The molecule has 0 aliphatic carbocycles. The number of aryl methyl sites for hydroxylation is 4. The van der Waals surface area contributed by atoms with Crippen LogP contribution in [0.2, 0.25) is 0 Å². The Morgan fingerprint density at radius 2 is 1.55 bits per heavy atom. The Hall–Kier alpha value is -3.90. The third-order valence-electron chi connectivity index (χ3n) is 6.11. The van der Waals surface area contributed by atoms with Gasteiger partial charge in [-0.1, -0.05) is 42.0 Å². The summed E-state index contributed by atoms with van der Waals surface area (Å²) in [4.78, 5) is 0. The van der Waals surface area contributed by atoms with Gasteiger partial charge in [-0.2, -0.15) is 5.26 Å². The fraction of sp³-hybridized carbons (Fsp3) is 0.143. The highest BCUT2D eigenvalue weighted by molar-refractivity contribution is 6.12. The highest BCUT2D eigenvalue weighted by atomic mass is 16.3. The van der Waals surface area contributed by atoms with Gasteiger partial charge >= 0.3 is 0 Å². The zero-order valence-electron chi connectivity index (χ0n) is 18.2. The number of pyridine rings is 1. The minimum atomic E-state index is 0.585. The van der Waals surface area contributed by atoms with E-state index in [1.54, 1.807) is 0 Å². The minimum absolute atomic E-state index is 0.585. The van der Waals surface area contributed by atoms with E-state index in [4.69, 9.17) is 4.42 Å². The Bertz CT molecular complexity index is 1530. The molecule has 5 rings (SSSR count). The SMILES string of the molecule is Cc1ccc(-c2ccc3c(oc4c(-c5cccc[n+]5C)c(C)ccc43)c2C#N)c(C)c1. The first-order chi connectivity index (χ1) is 15.0. The van der Waals surface area contributed by atoms with Crippen molar-refractivity contribution < 1.29 is 8.98 Å². The number of fused-ring (bicyclic) bond motifs is 3. The fourth-order valence-electron chi connectivity index (χ4n) is 4.55. The molecule has 0 aliphatic heterocycles. The summed E-state index contributed by atoms with van der Waals surface area (Å²) in [5.74, 6) is 0. The van der Waals surface area contributed by atoms with E-state index in [1.165, 1.54) is 5.56 Å². The van der Waals surface area contributed by atoms with Gasteiger partial charge in [-0.3, -0.25) is 0 Å². The van der Waals surface area contributed by atoms with Crippen molar-refractivity contribution in [3.05, 3.63) is 89.1 Å². The largest absolute Gasteiger partial charge is 0.454 e. The van der Waals surface area contributed by atoms with E-state index in [9.17, 15) is 5.26 Å². The highest BCUT2D eigenvalue weighted by Gasteiger charge is 2.22. The topological polar surface area (TPSA) is 40.8 Å². The summed E-state index contributed by atoms with van der Waals surface area (Å²) in [5.41, 5.74) is 9.69. The number of nitrogens with zero attached hydrogens (tertiary/aromatic N) is 2. The van der Waals surface area contributed by atoms with E-state index >= 15 is 0 Å². The number of nitriles is 1. The van der Waals surface area contributed by atoms with E-state index in [-0.39, 0.29) is 0 Å². The molecule has 3 heteroatoms. The van der Waals surface area contributed by atoms with Gasteiger partial charge in [-0.15, -0.1) is 0 Å². The van der Waals surface area contributed by atoms with Crippen molar-refractivity contribution in [3.63, 3.8) is 0 Å². The molecular formula is C28H23N2O+. The quantitative estimate of drug-likeness (QED) is 0.314. The summed E-state index contributed by atoms with van der Waals surface area (Å²) in [6, 6.07) is 23.3. The van der Waals surface area contributed by atoms with Gasteiger partial charge in [0.15, 0.2) is 11.8 Å². The fourth-order valence-corrected chi connectivity index (χ4v) is 4.55. The molecule has 0 radical (unpaired) electrons. The summed E-state index contributed by atoms with van der Waals surface area (Å²) in [6.07, 6.45) is 2.04. The van der Waals surface area contributed by atoms with Crippen LogP contribution in [0.15, 0.2) is 71.3 Å². The number of furan rings is 1. The van der Waals surface area contributed by atoms with Crippen molar-refractivity contribution in [2.75, 3.05) is 0 Å². The number of hydrogen-bond acceptors (Lipinski definition) is 2. The number of benzene rings is 3. The predicted molar refractivity (Wildman–Crippen MR) is 125 cm³/mol. The molecule has 0 aliphatic rings. The van der Waals surface area contributed by atoms with Crippen LogP contribution in [-0.4, -0.2) is 0 Å². The number of aromatic nitrogens is 1. The lowest BCUT2D eigenvalue weighted by molar-refractivity contribution is -0.660. The first-order valence-corrected chi connectivity index (χ1v) is 10.4. The summed E-state index contributed by atoms with van der Waals surface area (Å²) in [6.45, 7) is 6.27. The first kappa shape index (κ1) is 19.1. The molecule has 0 spiro atoms. The van der Waals surface area contributed by atoms with Crippen LogP contribution in [0.25, 0.3) is 44.3 Å². The van der Waals surface area contributed by atoms with Gasteiger partial charge in [0.1, 0.15) is 24.3 Å². The van der Waals surface area contributed by atoms with Gasteiger partial charge < -0.3 is 4.42 Å². The normalized spacial score (nSPS) is 11.2. The summed E-state index contributed by atoms with van der Waals surface area (Å²) in [7, 11) is 2.04. The monoisotopic (exact) mass is 403 g/mol. The zero-order valence-corrected chi connectivity index (χ0v) is 18.2. The lowest BCUT2D eigenvalue weighted by atomic mass is 9.93. The predicted octanol–water partition coefficient (Wildman–Crippen LogP) is 6.54. The molecular weight excluding hydrogens is 380 g/mol. The molecule has 0 unspecified atom stereocenters. The van der Waals surface area contributed by atoms with Crippen molar-refractivity contribution >= 4 is 21.9 Å². The summed E-state index contributed by atoms with van der Waals surface area (Å²) < 4.78 is 8.58. The standard InChI is InChI=1S/C28H23N2O/c1-17-8-10-20(19(3)15-17)21-12-13-22-23-11-9-18(2)26(25-7-5-6-14-30(25)4)28(23)31-27(22)24(21)16-29/h5-15H,1-4H3/q+1. The van der Waals surface area contributed by atoms with Crippen LogP contribution in [0.5, 0.6) is 0 Å². The Kier molecular flexibility index (Phi) is 4.38. The summed E-state index contributed by atoms with van der Waals surface area (Å²) >= 11 is 0. The molecule has 5 aromatic rings. The lowest BCUT2D eigenvalue weighted by Crippen LogP contribution is -2.30. The molecule has 31 heavy (non-hydrogen) atoms. The van der Waals surface area contributed by atoms with Crippen LogP contribution in [0.1, 0.15) is 22.3 Å². The van der Waals surface area contributed by atoms with Crippen molar-refractivity contribution in [2.45, 2.75) is 20.8 Å². The van der Waals surface area contributed by atoms with Crippen LogP contribution in [0, 0.1) is 32.1 Å². The zero-order chi connectivity index (χ0) is 21.7. The molecule has 3 nitrogen and oxygen atoms in total. The Labute approximate surface area is 181 Å². The Balaban J connectivity index is 1.87. The van der Waals surface area contributed by atoms with Gasteiger partial charge in [-0.25, -0.2) is 4.57 Å². The molecule has 0 N–H and O–H groups in total. The lowest BCUT2D eigenvalue weighted by Gasteiger charge is -2.09. The third-order valence-corrected chi connectivity index (χ3v) is 6.11. The molecule has 2 aromatic heterocycles. The van der Waals surface area contributed by atoms with Crippen molar-refractivity contribution in [2.24, 2.45) is 7.05 Å². The third kappa shape index (κ3) is 2.92. The van der Waals surface area contributed by atoms with E-state index in [2.05, 4.69) is 79.9 Å². The Morgan fingerprint density at radius 3 is 2.29 bits per heavy atom. The smallest absolute Gasteiger partial charge is 0.216 e. The van der Waals surface area contributed by atoms with E-state index in [1.807, 2.05) is 25.4 Å². The molecule has 2 heterocycles. The van der Waals surface area contributed by atoms with Crippen LogP contribution in [-0.2, 0) is 7.05 Å². The molecule has 0 saturated carbocycles. The first-order valence-electron chi connectivity index (χ1n) is 10.4. The van der Waals surface area contributed by atoms with Crippen molar-refractivity contribution in [1.82, 2.24) is 0 Å². The van der Waals surface area contributed by atoms with Gasteiger partial charge in [0.25, 0.3) is 0 Å².